The lowest BCUT2D eigenvalue weighted by Gasteiger charge is -2.08. The van der Waals surface area contributed by atoms with Crippen LogP contribution in [0.3, 0.4) is 0 Å². The fourth-order valence-electron chi connectivity index (χ4n) is 1.47. The highest BCUT2D eigenvalue weighted by molar-refractivity contribution is 9.10. The minimum absolute atomic E-state index is 0.186. The van der Waals surface area contributed by atoms with Gasteiger partial charge < -0.3 is 5.32 Å². The molecule has 0 fully saturated rings. The first-order valence-electron chi connectivity index (χ1n) is 5.46. The van der Waals surface area contributed by atoms with Crippen LogP contribution in [0.25, 0.3) is 0 Å². The minimum atomic E-state index is -0.186. The summed E-state index contributed by atoms with van der Waals surface area (Å²) in [5.74, 6) is 0. The summed E-state index contributed by atoms with van der Waals surface area (Å²) < 4.78 is 2.55. The van der Waals surface area contributed by atoms with E-state index in [1.165, 1.54) is 16.0 Å². The summed E-state index contributed by atoms with van der Waals surface area (Å²) in [4.78, 5) is 13.0. The number of thiophene rings is 1. The number of anilines is 1. The molecule has 19 heavy (non-hydrogen) atoms. The molecule has 0 aliphatic rings. The first-order chi connectivity index (χ1) is 9.11. The SMILES string of the molecule is C=CCn1ncc(NCc2ccc(Cl)s2)c(Br)c1=O. The van der Waals surface area contributed by atoms with E-state index < -0.39 is 0 Å². The third-order valence-electron chi connectivity index (χ3n) is 2.37. The summed E-state index contributed by atoms with van der Waals surface area (Å²) >= 11 is 10.6. The Morgan fingerprint density at radius 1 is 1.58 bits per heavy atom. The molecule has 0 aliphatic heterocycles. The molecule has 0 atom stereocenters. The van der Waals surface area contributed by atoms with Crippen molar-refractivity contribution in [1.82, 2.24) is 9.78 Å². The molecule has 0 saturated carbocycles. The molecule has 0 saturated heterocycles. The Kier molecular flexibility index (Phi) is 4.79. The number of nitrogens with one attached hydrogen (secondary N) is 1. The van der Waals surface area contributed by atoms with E-state index in [1.54, 1.807) is 12.3 Å². The van der Waals surface area contributed by atoms with E-state index in [0.29, 0.717) is 23.2 Å². The largest absolute Gasteiger partial charge is 0.378 e. The molecule has 1 N–H and O–H groups in total. The highest BCUT2D eigenvalue weighted by Crippen LogP contribution is 2.23. The average Bonchev–Trinajstić information content (AvgIpc) is 2.80. The molecule has 0 radical (unpaired) electrons. The number of hydrogen-bond donors (Lipinski definition) is 1. The Morgan fingerprint density at radius 2 is 2.37 bits per heavy atom. The number of nitrogens with zero attached hydrogens (tertiary/aromatic N) is 2. The van der Waals surface area contributed by atoms with E-state index in [4.69, 9.17) is 11.6 Å². The van der Waals surface area contributed by atoms with Crippen molar-refractivity contribution in [2.45, 2.75) is 13.1 Å². The number of rotatable bonds is 5. The molecule has 0 aromatic carbocycles. The lowest BCUT2D eigenvalue weighted by Crippen LogP contribution is -2.23. The summed E-state index contributed by atoms with van der Waals surface area (Å²) in [6, 6.07) is 3.79. The molecule has 0 unspecified atom stereocenters. The topological polar surface area (TPSA) is 46.9 Å². The van der Waals surface area contributed by atoms with Gasteiger partial charge in [0.15, 0.2) is 0 Å². The van der Waals surface area contributed by atoms with E-state index in [-0.39, 0.29) is 5.56 Å². The third kappa shape index (κ3) is 3.46. The van der Waals surface area contributed by atoms with Gasteiger partial charge in [0.05, 0.1) is 22.8 Å². The summed E-state index contributed by atoms with van der Waals surface area (Å²) in [5.41, 5.74) is 0.476. The van der Waals surface area contributed by atoms with Gasteiger partial charge in [0.2, 0.25) is 0 Å². The highest BCUT2D eigenvalue weighted by atomic mass is 79.9. The van der Waals surface area contributed by atoms with E-state index >= 15 is 0 Å². The van der Waals surface area contributed by atoms with Crippen LogP contribution in [0.2, 0.25) is 4.34 Å². The van der Waals surface area contributed by atoms with Crippen LogP contribution in [-0.4, -0.2) is 9.78 Å². The third-order valence-corrected chi connectivity index (χ3v) is 4.37. The quantitative estimate of drug-likeness (QED) is 0.830. The van der Waals surface area contributed by atoms with Crippen LogP contribution in [0.1, 0.15) is 4.88 Å². The number of hydrogen-bond acceptors (Lipinski definition) is 4. The Hall–Kier alpha value is -1.11. The van der Waals surface area contributed by atoms with Gasteiger partial charge in [0, 0.05) is 11.4 Å². The van der Waals surface area contributed by atoms with Gasteiger partial charge in [0.25, 0.3) is 5.56 Å². The molecule has 4 nitrogen and oxygen atoms in total. The van der Waals surface area contributed by atoms with Gasteiger partial charge in [-0.25, -0.2) is 4.68 Å². The maximum atomic E-state index is 11.9. The predicted molar refractivity (Wildman–Crippen MR) is 83.0 cm³/mol. The molecule has 0 bridgehead atoms. The van der Waals surface area contributed by atoms with Gasteiger partial charge in [0.1, 0.15) is 4.47 Å². The Bertz CT molecular complexity index is 653. The maximum absolute atomic E-state index is 11.9. The van der Waals surface area contributed by atoms with Crippen LogP contribution in [-0.2, 0) is 13.1 Å². The highest BCUT2D eigenvalue weighted by Gasteiger charge is 2.08. The fourth-order valence-corrected chi connectivity index (χ4v) is 2.94. The molecule has 100 valence electrons. The van der Waals surface area contributed by atoms with E-state index in [2.05, 4.69) is 32.9 Å². The van der Waals surface area contributed by atoms with Crippen molar-refractivity contribution in [1.29, 1.82) is 0 Å². The molecule has 2 heterocycles. The molecular weight excluding hydrogens is 350 g/mol. The van der Waals surface area contributed by atoms with Crippen molar-refractivity contribution >= 4 is 44.6 Å². The van der Waals surface area contributed by atoms with Crippen molar-refractivity contribution in [3.05, 3.63) is 55.0 Å². The van der Waals surface area contributed by atoms with Gasteiger partial charge in [-0.2, -0.15) is 5.10 Å². The minimum Gasteiger partial charge on any atom is -0.378 e. The van der Waals surface area contributed by atoms with Crippen molar-refractivity contribution in [3.63, 3.8) is 0 Å². The Labute approximate surface area is 127 Å². The summed E-state index contributed by atoms with van der Waals surface area (Å²) in [7, 11) is 0. The lowest BCUT2D eigenvalue weighted by atomic mass is 10.4. The van der Waals surface area contributed by atoms with Crippen LogP contribution in [0.5, 0.6) is 0 Å². The zero-order valence-corrected chi connectivity index (χ0v) is 13.1. The molecule has 0 spiro atoms. The second-order valence-corrected chi connectivity index (χ2v) is 6.30. The fraction of sp³-hybridized carbons (Fsp3) is 0.167. The monoisotopic (exact) mass is 359 g/mol. The molecule has 0 aliphatic carbocycles. The number of aromatic nitrogens is 2. The van der Waals surface area contributed by atoms with Crippen molar-refractivity contribution in [2.75, 3.05) is 5.32 Å². The van der Waals surface area contributed by atoms with Gasteiger partial charge in [-0.3, -0.25) is 4.79 Å². The molecule has 0 amide bonds. The van der Waals surface area contributed by atoms with E-state index in [9.17, 15) is 4.79 Å². The summed E-state index contributed by atoms with van der Waals surface area (Å²) in [6.07, 6.45) is 3.24. The van der Waals surface area contributed by atoms with Crippen LogP contribution >= 0.6 is 38.9 Å². The van der Waals surface area contributed by atoms with Crippen LogP contribution in [0.15, 0.2) is 40.3 Å². The van der Waals surface area contributed by atoms with Gasteiger partial charge in [-0.15, -0.1) is 17.9 Å². The zero-order valence-electron chi connectivity index (χ0n) is 9.90. The average molecular weight is 361 g/mol. The predicted octanol–water partition coefficient (Wildman–Crippen LogP) is 3.52. The molecule has 2 rings (SSSR count). The second kappa shape index (κ2) is 6.36. The van der Waals surface area contributed by atoms with Gasteiger partial charge in [-0.05, 0) is 28.1 Å². The van der Waals surface area contributed by atoms with Gasteiger partial charge >= 0.3 is 0 Å². The molecule has 2 aromatic rings. The second-order valence-electron chi connectivity index (χ2n) is 3.71. The van der Waals surface area contributed by atoms with Crippen LogP contribution in [0, 0.1) is 0 Å². The van der Waals surface area contributed by atoms with Gasteiger partial charge in [-0.1, -0.05) is 17.7 Å². The van der Waals surface area contributed by atoms with Crippen molar-refractivity contribution in [3.8, 4) is 0 Å². The van der Waals surface area contributed by atoms with Crippen LogP contribution < -0.4 is 10.9 Å². The zero-order chi connectivity index (χ0) is 13.8. The Balaban J connectivity index is 2.15. The molecule has 2 aromatic heterocycles. The Morgan fingerprint density at radius 3 is 3.00 bits per heavy atom. The van der Waals surface area contributed by atoms with Crippen molar-refractivity contribution < 1.29 is 0 Å². The number of allylic oxidation sites excluding steroid dienone is 1. The smallest absolute Gasteiger partial charge is 0.283 e. The molecular formula is C12H11BrClN3OS. The summed E-state index contributed by atoms with van der Waals surface area (Å²) in [5, 5.41) is 7.22. The molecule has 7 heteroatoms. The van der Waals surface area contributed by atoms with Crippen LogP contribution in [0.4, 0.5) is 5.69 Å². The normalized spacial score (nSPS) is 10.4. The summed E-state index contributed by atoms with van der Waals surface area (Å²) in [6.45, 7) is 4.57. The number of halogens is 2. The van der Waals surface area contributed by atoms with E-state index in [1.807, 2.05) is 12.1 Å². The van der Waals surface area contributed by atoms with Crippen molar-refractivity contribution in [2.24, 2.45) is 0 Å². The maximum Gasteiger partial charge on any atom is 0.283 e. The standard InChI is InChI=1S/C12H11BrClN3OS/c1-2-5-17-12(18)11(13)9(7-16-17)15-6-8-3-4-10(14)19-8/h2-4,7,15H,1,5-6H2. The lowest BCUT2D eigenvalue weighted by molar-refractivity contribution is 0.649. The first-order valence-corrected chi connectivity index (χ1v) is 7.45. The first kappa shape index (κ1) is 14.3. The van der Waals surface area contributed by atoms with E-state index in [0.717, 1.165) is 9.21 Å².